The van der Waals surface area contributed by atoms with Gasteiger partial charge in [-0.2, -0.15) is 13.2 Å². The lowest BCUT2D eigenvalue weighted by Gasteiger charge is -2.08. The van der Waals surface area contributed by atoms with Crippen molar-refractivity contribution < 1.29 is 18.3 Å². The first-order valence-electron chi connectivity index (χ1n) is 2.83. The fourth-order valence-electron chi connectivity index (χ4n) is 0.657. The first kappa shape index (κ1) is 9.56. The summed E-state index contributed by atoms with van der Waals surface area (Å²) in [5, 5.41) is 8.94. The molecule has 0 aliphatic carbocycles. The number of hydrogen-bond acceptors (Lipinski definition) is 2. The van der Waals surface area contributed by atoms with Gasteiger partial charge in [-0.1, -0.05) is 0 Å². The molecule has 1 heterocycles. The van der Waals surface area contributed by atoms with Gasteiger partial charge in [-0.3, -0.25) is 0 Å². The van der Waals surface area contributed by atoms with Crippen LogP contribution in [0, 0.1) is 3.70 Å². The predicted octanol–water partition coefficient (Wildman–Crippen LogP) is 2.41. The smallest absolute Gasteiger partial charge is 0.420 e. The highest BCUT2D eigenvalue weighted by Crippen LogP contribution is 2.36. The molecule has 0 radical (unpaired) electrons. The van der Waals surface area contributed by atoms with Crippen LogP contribution in [-0.4, -0.2) is 10.1 Å². The van der Waals surface area contributed by atoms with E-state index in [4.69, 9.17) is 5.11 Å². The van der Waals surface area contributed by atoms with Crippen LogP contribution in [0.25, 0.3) is 0 Å². The number of rotatable bonds is 0. The number of aromatic hydroxyl groups is 1. The first-order chi connectivity index (χ1) is 5.43. The monoisotopic (exact) mass is 289 g/mol. The van der Waals surface area contributed by atoms with E-state index in [1.165, 1.54) is 22.6 Å². The molecule has 0 bridgehead atoms. The van der Waals surface area contributed by atoms with E-state index >= 15 is 0 Å². The lowest BCUT2D eigenvalue weighted by molar-refractivity contribution is -0.138. The molecule has 0 amide bonds. The summed E-state index contributed by atoms with van der Waals surface area (Å²) in [5.41, 5.74) is -1.05. The zero-order valence-corrected chi connectivity index (χ0v) is 7.72. The summed E-state index contributed by atoms with van der Waals surface area (Å²) >= 11 is 1.53. The molecule has 0 saturated carbocycles. The Morgan fingerprint density at radius 2 is 2.00 bits per heavy atom. The average molecular weight is 289 g/mol. The molecule has 1 aromatic heterocycles. The van der Waals surface area contributed by atoms with Gasteiger partial charge < -0.3 is 5.11 Å². The Hall–Kier alpha value is -0.530. The van der Waals surface area contributed by atoms with Crippen molar-refractivity contribution in [3.8, 4) is 5.75 Å². The summed E-state index contributed by atoms with van der Waals surface area (Å²) in [6.07, 6.45) is -3.52. The van der Waals surface area contributed by atoms with Crippen molar-refractivity contribution in [2.75, 3.05) is 0 Å². The maximum absolute atomic E-state index is 12.0. The van der Waals surface area contributed by atoms with Crippen molar-refractivity contribution in [1.82, 2.24) is 4.98 Å². The molecule has 0 aliphatic rings. The van der Waals surface area contributed by atoms with Crippen LogP contribution >= 0.6 is 22.6 Å². The van der Waals surface area contributed by atoms with E-state index in [-0.39, 0.29) is 3.70 Å². The Balaban J connectivity index is 3.26. The van der Waals surface area contributed by atoms with Gasteiger partial charge in [0, 0.05) is 6.20 Å². The van der Waals surface area contributed by atoms with E-state index in [1.807, 2.05) is 0 Å². The number of aromatic nitrogens is 1. The van der Waals surface area contributed by atoms with Gasteiger partial charge in [0.15, 0.2) is 5.75 Å². The molecule has 6 heteroatoms. The van der Waals surface area contributed by atoms with Gasteiger partial charge in [-0.15, -0.1) is 0 Å². The molecule has 0 aromatic carbocycles. The van der Waals surface area contributed by atoms with Crippen LogP contribution in [0.5, 0.6) is 5.75 Å². The molecule has 66 valence electrons. The number of halogens is 4. The topological polar surface area (TPSA) is 33.1 Å². The molecule has 1 aromatic rings. The largest absolute Gasteiger partial charge is 0.505 e. The minimum atomic E-state index is -4.52. The summed E-state index contributed by atoms with van der Waals surface area (Å²) in [6.45, 7) is 0. The maximum atomic E-state index is 12.0. The standard InChI is InChI=1S/C6H3F3INO/c7-6(8,9)3-1-2-11-5(10)4(3)12/h1-2,12H. The molecule has 12 heavy (non-hydrogen) atoms. The van der Waals surface area contributed by atoms with Gasteiger partial charge in [0.05, 0.1) is 0 Å². The van der Waals surface area contributed by atoms with Crippen LogP contribution in [0.1, 0.15) is 5.56 Å². The second kappa shape index (κ2) is 3.08. The van der Waals surface area contributed by atoms with Crippen LogP contribution in [0.2, 0.25) is 0 Å². The Bertz CT molecular complexity index is 299. The Labute approximate surface area is 79.6 Å². The van der Waals surface area contributed by atoms with Crippen molar-refractivity contribution >= 4 is 22.6 Å². The summed E-state index contributed by atoms with van der Waals surface area (Å²) < 4.78 is 36.1. The van der Waals surface area contributed by atoms with E-state index in [9.17, 15) is 13.2 Å². The molecule has 1 rings (SSSR count). The summed E-state index contributed by atoms with van der Waals surface area (Å²) in [5.74, 6) is -0.814. The molecule has 0 spiro atoms. The van der Waals surface area contributed by atoms with Crippen molar-refractivity contribution in [3.05, 3.63) is 21.5 Å². The van der Waals surface area contributed by atoms with Gasteiger partial charge in [0.25, 0.3) is 0 Å². The Morgan fingerprint density at radius 3 is 2.42 bits per heavy atom. The zero-order valence-electron chi connectivity index (χ0n) is 5.56. The number of pyridine rings is 1. The highest BCUT2D eigenvalue weighted by Gasteiger charge is 2.34. The molecule has 2 nitrogen and oxygen atoms in total. The van der Waals surface area contributed by atoms with Gasteiger partial charge in [0.1, 0.15) is 9.26 Å². The van der Waals surface area contributed by atoms with Crippen molar-refractivity contribution in [1.29, 1.82) is 0 Å². The first-order valence-corrected chi connectivity index (χ1v) is 3.91. The van der Waals surface area contributed by atoms with E-state index in [2.05, 4.69) is 4.98 Å². The van der Waals surface area contributed by atoms with Gasteiger partial charge in [-0.25, -0.2) is 4.98 Å². The SMILES string of the molecule is Oc1c(C(F)(F)F)ccnc1I. The lowest BCUT2D eigenvalue weighted by Crippen LogP contribution is -2.06. The Morgan fingerprint density at radius 1 is 1.42 bits per heavy atom. The summed E-state index contributed by atoms with van der Waals surface area (Å²) in [6, 6.07) is 0.734. The normalized spacial score (nSPS) is 11.7. The van der Waals surface area contributed by atoms with Crippen molar-refractivity contribution in [2.45, 2.75) is 6.18 Å². The molecule has 0 aliphatic heterocycles. The van der Waals surface area contributed by atoms with Crippen LogP contribution in [-0.2, 0) is 6.18 Å². The van der Waals surface area contributed by atoms with Crippen LogP contribution < -0.4 is 0 Å². The van der Waals surface area contributed by atoms with Crippen LogP contribution in [0.15, 0.2) is 12.3 Å². The number of alkyl halides is 3. The molecule has 0 unspecified atom stereocenters. The molecular formula is C6H3F3INO. The highest BCUT2D eigenvalue weighted by molar-refractivity contribution is 14.1. The van der Waals surface area contributed by atoms with Crippen LogP contribution in [0.3, 0.4) is 0 Å². The zero-order chi connectivity index (χ0) is 9.35. The van der Waals surface area contributed by atoms with Gasteiger partial charge >= 0.3 is 6.18 Å². The minimum absolute atomic E-state index is 0.0533. The third kappa shape index (κ3) is 1.79. The van der Waals surface area contributed by atoms with Gasteiger partial charge in [0.2, 0.25) is 0 Å². The second-order valence-corrected chi connectivity index (χ2v) is 3.02. The molecule has 1 N–H and O–H groups in total. The quantitative estimate of drug-likeness (QED) is 0.587. The lowest BCUT2D eigenvalue weighted by atomic mass is 10.2. The van der Waals surface area contributed by atoms with E-state index in [0.29, 0.717) is 0 Å². The van der Waals surface area contributed by atoms with E-state index in [1.54, 1.807) is 0 Å². The van der Waals surface area contributed by atoms with E-state index < -0.39 is 17.5 Å². The molecular weight excluding hydrogens is 286 g/mol. The molecule has 0 atom stereocenters. The highest BCUT2D eigenvalue weighted by atomic mass is 127. The molecule has 0 saturated heterocycles. The molecule has 0 fully saturated rings. The third-order valence-electron chi connectivity index (χ3n) is 1.19. The number of nitrogens with zero attached hydrogens (tertiary/aromatic N) is 1. The van der Waals surface area contributed by atoms with Crippen molar-refractivity contribution in [3.63, 3.8) is 0 Å². The predicted molar refractivity (Wildman–Crippen MR) is 43.6 cm³/mol. The van der Waals surface area contributed by atoms with Crippen molar-refractivity contribution in [2.24, 2.45) is 0 Å². The fourth-order valence-corrected chi connectivity index (χ4v) is 1.11. The average Bonchev–Trinajstić information content (AvgIpc) is 1.92. The number of hydrogen-bond donors (Lipinski definition) is 1. The third-order valence-corrected chi connectivity index (χ3v) is 1.97. The van der Waals surface area contributed by atoms with Crippen LogP contribution in [0.4, 0.5) is 13.2 Å². The Kier molecular flexibility index (Phi) is 2.45. The summed E-state index contributed by atoms with van der Waals surface area (Å²) in [7, 11) is 0. The summed E-state index contributed by atoms with van der Waals surface area (Å²) in [4.78, 5) is 3.49. The maximum Gasteiger partial charge on any atom is 0.420 e. The van der Waals surface area contributed by atoms with Gasteiger partial charge in [-0.05, 0) is 28.7 Å². The minimum Gasteiger partial charge on any atom is -0.505 e. The fraction of sp³-hybridized carbons (Fsp3) is 0.167. The second-order valence-electron chi connectivity index (χ2n) is 2.00. The van der Waals surface area contributed by atoms with E-state index in [0.717, 1.165) is 12.3 Å².